The van der Waals surface area contributed by atoms with Crippen molar-refractivity contribution in [3.8, 4) is 0 Å². The Balaban J connectivity index is 1.69. The van der Waals surface area contributed by atoms with Gasteiger partial charge in [-0.15, -0.1) is 0 Å². The van der Waals surface area contributed by atoms with Gasteiger partial charge in [0.1, 0.15) is 17.9 Å². The summed E-state index contributed by atoms with van der Waals surface area (Å²) in [5.41, 5.74) is -0.156. The van der Waals surface area contributed by atoms with Crippen LogP contribution in [0.5, 0.6) is 0 Å². The Morgan fingerprint density at radius 1 is 1.23 bits per heavy atom. The Morgan fingerprint density at radius 3 is 2.40 bits per heavy atom. The van der Waals surface area contributed by atoms with Crippen LogP contribution in [0.3, 0.4) is 0 Å². The third kappa shape index (κ3) is 4.99. The SMILES string of the molecule is CC1CCC2(CC1)NC(=O)N(CC(=O)NC(CC(C)(C)C)c1ccc(F)cc1)C2=O. The number of hydrogen-bond donors (Lipinski definition) is 2. The molecule has 1 spiro atoms. The van der Waals surface area contributed by atoms with Gasteiger partial charge in [-0.1, -0.05) is 39.8 Å². The minimum absolute atomic E-state index is 0.0873. The molecule has 1 aliphatic carbocycles. The molecule has 6 nitrogen and oxygen atoms in total. The van der Waals surface area contributed by atoms with E-state index in [9.17, 15) is 18.8 Å². The Morgan fingerprint density at radius 2 is 1.83 bits per heavy atom. The number of hydrogen-bond acceptors (Lipinski definition) is 3. The number of urea groups is 1. The summed E-state index contributed by atoms with van der Waals surface area (Å²) in [6, 6.07) is 5.18. The zero-order valence-corrected chi connectivity index (χ0v) is 18.3. The Labute approximate surface area is 177 Å². The fraction of sp³-hybridized carbons (Fsp3) is 0.609. The molecule has 2 aliphatic rings. The van der Waals surface area contributed by atoms with Crippen molar-refractivity contribution in [2.24, 2.45) is 11.3 Å². The summed E-state index contributed by atoms with van der Waals surface area (Å²) in [7, 11) is 0. The summed E-state index contributed by atoms with van der Waals surface area (Å²) in [4.78, 5) is 39.3. The van der Waals surface area contributed by atoms with E-state index in [1.54, 1.807) is 12.1 Å². The van der Waals surface area contributed by atoms with Crippen LogP contribution in [0.15, 0.2) is 24.3 Å². The summed E-state index contributed by atoms with van der Waals surface area (Å²) >= 11 is 0. The third-order valence-electron chi connectivity index (χ3n) is 6.10. The largest absolute Gasteiger partial charge is 0.348 e. The first kappa shape index (κ1) is 22.2. The zero-order chi connectivity index (χ0) is 22.1. The normalized spacial score (nSPS) is 25.4. The monoisotopic (exact) mass is 417 g/mol. The predicted molar refractivity (Wildman–Crippen MR) is 112 cm³/mol. The summed E-state index contributed by atoms with van der Waals surface area (Å²) in [5, 5.41) is 5.78. The molecule has 30 heavy (non-hydrogen) atoms. The zero-order valence-electron chi connectivity index (χ0n) is 18.3. The maximum atomic E-state index is 13.3. The molecule has 0 bridgehead atoms. The molecule has 1 unspecified atom stereocenters. The molecule has 1 saturated carbocycles. The molecule has 2 N–H and O–H groups in total. The summed E-state index contributed by atoms with van der Waals surface area (Å²) in [6.07, 6.45) is 3.61. The van der Waals surface area contributed by atoms with Gasteiger partial charge in [0.2, 0.25) is 5.91 Å². The molecule has 1 aromatic carbocycles. The van der Waals surface area contributed by atoms with Crippen molar-refractivity contribution >= 4 is 17.8 Å². The van der Waals surface area contributed by atoms with Crippen molar-refractivity contribution < 1.29 is 18.8 Å². The molecule has 0 aromatic heterocycles. The Bertz CT molecular complexity index is 808. The van der Waals surface area contributed by atoms with Gasteiger partial charge in [0, 0.05) is 0 Å². The molecule has 0 radical (unpaired) electrons. The van der Waals surface area contributed by atoms with E-state index in [1.807, 2.05) is 0 Å². The van der Waals surface area contributed by atoms with Crippen LogP contribution in [0.25, 0.3) is 0 Å². The molecule has 164 valence electrons. The molecular formula is C23H32FN3O3. The van der Waals surface area contributed by atoms with Crippen molar-refractivity contribution in [1.82, 2.24) is 15.5 Å². The van der Waals surface area contributed by atoms with Gasteiger partial charge in [0.15, 0.2) is 0 Å². The van der Waals surface area contributed by atoms with E-state index in [1.165, 1.54) is 12.1 Å². The molecular weight excluding hydrogens is 385 g/mol. The van der Waals surface area contributed by atoms with Crippen LogP contribution in [0, 0.1) is 17.2 Å². The molecule has 4 amide bonds. The smallest absolute Gasteiger partial charge is 0.325 e. The number of nitrogens with zero attached hydrogens (tertiary/aromatic N) is 1. The van der Waals surface area contributed by atoms with E-state index >= 15 is 0 Å². The lowest BCUT2D eigenvalue weighted by atomic mass is 9.77. The lowest BCUT2D eigenvalue weighted by molar-refractivity contribution is -0.136. The maximum absolute atomic E-state index is 13.3. The molecule has 1 atom stereocenters. The highest BCUT2D eigenvalue weighted by Crippen LogP contribution is 2.36. The number of benzene rings is 1. The van der Waals surface area contributed by atoms with Gasteiger partial charge in [0.05, 0.1) is 6.04 Å². The first-order valence-corrected chi connectivity index (χ1v) is 10.7. The second-order valence-corrected chi connectivity index (χ2v) is 10.0. The van der Waals surface area contributed by atoms with Crippen LogP contribution in [-0.2, 0) is 9.59 Å². The second kappa shape index (κ2) is 8.36. The van der Waals surface area contributed by atoms with Crippen LogP contribution in [-0.4, -0.2) is 34.8 Å². The molecule has 1 aromatic rings. The topological polar surface area (TPSA) is 78.5 Å². The molecule has 3 rings (SSSR count). The van der Waals surface area contributed by atoms with Crippen LogP contribution < -0.4 is 10.6 Å². The summed E-state index contributed by atoms with van der Waals surface area (Å²) in [5.74, 6) is -0.514. The quantitative estimate of drug-likeness (QED) is 0.713. The maximum Gasteiger partial charge on any atom is 0.325 e. The first-order valence-electron chi connectivity index (χ1n) is 10.7. The van der Waals surface area contributed by atoms with Crippen molar-refractivity contribution in [2.75, 3.05) is 6.54 Å². The average molecular weight is 418 g/mol. The number of halogens is 1. The lowest BCUT2D eigenvalue weighted by Gasteiger charge is -2.33. The van der Waals surface area contributed by atoms with E-state index in [4.69, 9.17) is 0 Å². The number of carbonyl (C=O) groups is 3. The Kier molecular flexibility index (Phi) is 6.20. The van der Waals surface area contributed by atoms with Crippen LogP contribution in [0.2, 0.25) is 0 Å². The minimum Gasteiger partial charge on any atom is -0.348 e. The lowest BCUT2D eigenvalue weighted by Crippen LogP contribution is -2.50. The van der Waals surface area contributed by atoms with Gasteiger partial charge in [-0.2, -0.15) is 0 Å². The standard InChI is InChI=1S/C23H32FN3O3/c1-15-9-11-23(12-10-15)20(29)27(21(30)26-23)14-19(28)25-18(13-22(2,3)4)16-5-7-17(24)8-6-16/h5-8,15,18H,9-14H2,1-4H3,(H,25,28)(H,26,30). The predicted octanol–water partition coefficient (Wildman–Crippen LogP) is 3.92. The Hall–Kier alpha value is -2.44. The third-order valence-corrected chi connectivity index (χ3v) is 6.10. The number of imide groups is 1. The average Bonchev–Trinajstić information content (AvgIpc) is 2.87. The fourth-order valence-electron chi connectivity index (χ4n) is 4.36. The number of rotatable bonds is 5. The van der Waals surface area contributed by atoms with Crippen LogP contribution >= 0.6 is 0 Å². The van der Waals surface area contributed by atoms with Crippen molar-refractivity contribution in [3.05, 3.63) is 35.6 Å². The molecule has 7 heteroatoms. The van der Waals surface area contributed by atoms with E-state index in [0.29, 0.717) is 25.2 Å². The summed E-state index contributed by atoms with van der Waals surface area (Å²) in [6.45, 7) is 8.00. The van der Waals surface area contributed by atoms with Crippen LogP contribution in [0.4, 0.5) is 9.18 Å². The van der Waals surface area contributed by atoms with E-state index in [-0.39, 0.29) is 29.7 Å². The van der Waals surface area contributed by atoms with Gasteiger partial charge in [-0.3, -0.25) is 14.5 Å². The van der Waals surface area contributed by atoms with E-state index < -0.39 is 17.5 Å². The second-order valence-electron chi connectivity index (χ2n) is 10.0. The number of carbonyl (C=O) groups excluding carboxylic acids is 3. The molecule has 1 aliphatic heterocycles. The minimum atomic E-state index is -0.856. The van der Waals surface area contributed by atoms with Gasteiger partial charge in [-0.05, 0) is 61.1 Å². The molecule has 2 fully saturated rings. The first-order chi connectivity index (χ1) is 14.0. The van der Waals surface area contributed by atoms with Gasteiger partial charge in [0.25, 0.3) is 5.91 Å². The molecule has 1 heterocycles. The van der Waals surface area contributed by atoms with Gasteiger partial charge >= 0.3 is 6.03 Å². The highest BCUT2D eigenvalue weighted by molar-refractivity contribution is 6.09. The highest BCUT2D eigenvalue weighted by atomic mass is 19.1. The van der Waals surface area contributed by atoms with Gasteiger partial charge < -0.3 is 10.6 Å². The van der Waals surface area contributed by atoms with Crippen molar-refractivity contribution in [3.63, 3.8) is 0 Å². The fourth-order valence-corrected chi connectivity index (χ4v) is 4.36. The van der Waals surface area contributed by atoms with E-state index in [2.05, 4.69) is 38.3 Å². The van der Waals surface area contributed by atoms with E-state index in [0.717, 1.165) is 23.3 Å². The van der Waals surface area contributed by atoms with Gasteiger partial charge in [-0.25, -0.2) is 9.18 Å². The summed E-state index contributed by atoms with van der Waals surface area (Å²) < 4.78 is 13.3. The highest BCUT2D eigenvalue weighted by Gasteiger charge is 2.52. The number of amides is 4. The number of nitrogens with one attached hydrogen (secondary N) is 2. The van der Waals surface area contributed by atoms with Crippen molar-refractivity contribution in [1.29, 1.82) is 0 Å². The van der Waals surface area contributed by atoms with Crippen molar-refractivity contribution in [2.45, 2.75) is 71.4 Å². The molecule has 1 saturated heterocycles. The van der Waals surface area contributed by atoms with Crippen LogP contribution in [0.1, 0.15) is 71.4 Å².